The van der Waals surface area contributed by atoms with Crippen molar-refractivity contribution in [1.82, 2.24) is 4.98 Å². The topological polar surface area (TPSA) is 62.7 Å². The number of benzene rings is 1. The summed E-state index contributed by atoms with van der Waals surface area (Å²) in [6.45, 7) is 4.21. The van der Waals surface area contributed by atoms with E-state index in [9.17, 15) is 0 Å². The molecule has 0 amide bonds. The first-order valence-corrected chi connectivity index (χ1v) is 7.19. The maximum absolute atomic E-state index is 8.98. The van der Waals surface area contributed by atoms with E-state index in [1.807, 2.05) is 18.2 Å². The van der Waals surface area contributed by atoms with Crippen LogP contribution in [0.25, 0.3) is 0 Å². The van der Waals surface area contributed by atoms with Crippen molar-refractivity contribution in [1.29, 1.82) is 5.26 Å². The standard InChI is InChI=1S/C15H17N3S/c1-3-4-13-14(19-15(17)18-13)8-12-7-11(9-16)6-5-10(12)2/h5-7H,3-4,8H2,1-2H3,(H2,17,18). The summed E-state index contributed by atoms with van der Waals surface area (Å²) in [6, 6.07) is 8.00. The van der Waals surface area contributed by atoms with Crippen LogP contribution in [0.3, 0.4) is 0 Å². The third-order valence-corrected chi connectivity index (χ3v) is 4.04. The predicted molar refractivity (Wildman–Crippen MR) is 79.2 cm³/mol. The van der Waals surface area contributed by atoms with Crippen LogP contribution in [0, 0.1) is 18.3 Å². The molecule has 2 rings (SSSR count). The molecule has 0 fully saturated rings. The Kier molecular flexibility index (Phi) is 4.18. The number of thiazole rings is 1. The lowest BCUT2D eigenvalue weighted by Gasteiger charge is -2.06. The molecule has 1 aromatic heterocycles. The SMILES string of the molecule is CCCc1nc(N)sc1Cc1cc(C#N)ccc1C. The van der Waals surface area contributed by atoms with Crippen molar-refractivity contribution >= 4 is 16.5 Å². The van der Waals surface area contributed by atoms with Gasteiger partial charge in [0.15, 0.2) is 5.13 Å². The van der Waals surface area contributed by atoms with Gasteiger partial charge in [-0.1, -0.05) is 19.4 Å². The van der Waals surface area contributed by atoms with Gasteiger partial charge < -0.3 is 5.73 Å². The molecule has 0 unspecified atom stereocenters. The van der Waals surface area contributed by atoms with Gasteiger partial charge in [-0.2, -0.15) is 5.26 Å². The lowest BCUT2D eigenvalue weighted by Crippen LogP contribution is -1.95. The summed E-state index contributed by atoms with van der Waals surface area (Å²) >= 11 is 1.56. The highest BCUT2D eigenvalue weighted by molar-refractivity contribution is 7.15. The highest BCUT2D eigenvalue weighted by Crippen LogP contribution is 2.26. The van der Waals surface area contributed by atoms with E-state index in [2.05, 4.69) is 24.9 Å². The number of aryl methyl sites for hydroxylation is 2. The minimum Gasteiger partial charge on any atom is -0.375 e. The van der Waals surface area contributed by atoms with Crippen LogP contribution in [0.4, 0.5) is 5.13 Å². The number of aromatic nitrogens is 1. The highest BCUT2D eigenvalue weighted by Gasteiger charge is 2.11. The number of rotatable bonds is 4. The number of hydrogen-bond acceptors (Lipinski definition) is 4. The summed E-state index contributed by atoms with van der Waals surface area (Å²) in [6.07, 6.45) is 2.83. The van der Waals surface area contributed by atoms with Crippen LogP contribution < -0.4 is 5.73 Å². The van der Waals surface area contributed by atoms with Gasteiger partial charge in [-0.05, 0) is 36.6 Å². The van der Waals surface area contributed by atoms with Crippen LogP contribution in [-0.4, -0.2) is 4.98 Å². The quantitative estimate of drug-likeness (QED) is 0.926. The lowest BCUT2D eigenvalue weighted by molar-refractivity contribution is 0.879. The summed E-state index contributed by atoms with van der Waals surface area (Å²) in [7, 11) is 0. The number of nitrogens with two attached hydrogens (primary N) is 1. The summed E-state index contributed by atoms with van der Waals surface area (Å²) in [5.74, 6) is 0. The molecule has 0 bridgehead atoms. The molecule has 0 saturated heterocycles. The van der Waals surface area contributed by atoms with Gasteiger partial charge in [-0.25, -0.2) is 4.98 Å². The van der Waals surface area contributed by atoms with Crippen LogP contribution in [-0.2, 0) is 12.8 Å². The molecule has 0 saturated carbocycles. The highest BCUT2D eigenvalue weighted by atomic mass is 32.1. The second kappa shape index (κ2) is 5.85. The van der Waals surface area contributed by atoms with Crippen molar-refractivity contribution in [2.24, 2.45) is 0 Å². The third kappa shape index (κ3) is 3.12. The van der Waals surface area contributed by atoms with Gasteiger partial charge in [0, 0.05) is 11.3 Å². The van der Waals surface area contributed by atoms with Crippen molar-refractivity contribution in [3.8, 4) is 6.07 Å². The zero-order chi connectivity index (χ0) is 13.8. The maximum Gasteiger partial charge on any atom is 0.180 e. The first-order chi connectivity index (χ1) is 9.13. The molecule has 0 atom stereocenters. The monoisotopic (exact) mass is 271 g/mol. The van der Waals surface area contributed by atoms with Crippen molar-refractivity contribution in [2.75, 3.05) is 5.73 Å². The van der Waals surface area contributed by atoms with Crippen LogP contribution in [0.5, 0.6) is 0 Å². The Morgan fingerprint density at radius 1 is 1.42 bits per heavy atom. The smallest absolute Gasteiger partial charge is 0.180 e. The molecule has 0 aliphatic carbocycles. The molecule has 1 aromatic carbocycles. The van der Waals surface area contributed by atoms with Crippen molar-refractivity contribution < 1.29 is 0 Å². The molecule has 1 heterocycles. The number of nitriles is 1. The van der Waals surface area contributed by atoms with E-state index in [1.165, 1.54) is 16.0 Å². The van der Waals surface area contributed by atoms with Crippen molar-refractivity contribution in [3.05, 3.63) is 45.5 Å². The minimum atomic E-state index is 0.632. The van der Waals surface area contributed by atoms with Gasteiger partial charge >= 0.3 is 0 Å². The van der Waals surface area contributed by atoms with Crippen molar-refractivity contribution in [3.63, 3.8) is 0 Å². The molecule has 0 spiro atoms. The van der Waals surface area contributed by atoms with Crippen LogP contribution >= 0.6 is 11.3 Å². The van der Waals surface area contributed by atoms with E-state index >= 15 is 0 Å². The fraction of sp³-hybridized carbons (Fsp3) is 0.333. The zero-order valence-corrected chi connectivity index (χ0v) is 12.0. The van der Waals surface area contributed by atoms with E-state index in [1.54, 1.807) is 11.3 Å². The number of nitrogen functional groups attached to an aromatic ring is 1. The molecule has 19 heavy (non-hydrogen) atoms. The van der Waals surface area contributed by atoms with Gasteiger partial charge in [0.2, 0.25) is 0 Å². The number of anilines is 1. The number of nitrogens with zero attached hydrogens (tertiary/aromatic N) is 2. The summed E-state index contributed by atoms with van der Waals surface area (Å²) in [5.41, 5.74) is 10.0. The maximum atomic E-state index is 8.98. The Bertz CT molecular complexity index is 623. The van der Waals surface area contributed by atoms with Gasteiger partial charge in [0.05, 0.1) is 17.3 Å². The molecule has 0 radical (unpaired) electrons. The van der Waals surface area contributed by atoms with E-state index in [0.717, 1.165) is 25.0 Å². The number of hydrogen-bond donors (Lipinski definition) is 1. The Morgan fingerprint density at radius 2 is 2.21 bits per heavy atom. The summed E-state index contributed by atoms with van der Waals surface area (Å²) < 4.78 is 0. The molecule has 0 aliphatic rings. The Morgan fingerprint density at radius 3 is 2.89 bits per heavy atom. The Balaban J connectivity index is 2.33. The normalized spacial score (nSPS) is 10.4. The summed E-state index contributed by atoms with van der Waals surface area (Å²) in [5, 5.41) is 9.61. The molecule has 2 aromatic rings. The fourth-order valence-corrected chi connectivity index (χ4v) is 2.98. The average Bonchev–Trinajstić information content (AvgIpc) is 2.73. The molecule has 0 aliphatic heterocycles. The summed E-state index contributed by atoms with van der Waals surface area (Å²) in [4.78, 5) is 5.62. The largest absolute Gasteiger partial charge is 0.375 e. The molecule has 3 nitrogen and oxygen atoms in total. The van der Waals surface area contributed by atoms with Crippen molar-refractivity contribution in [2.45, 2.75) is 33.1 Å². The van der Waals surface area contributed by atoms with E-state index in [-0.39, 0.29) is 0 Å². The van der Waals surface area contributed by atoms with Gasteiger partial charge in [-0.3, -0.25) is 0 Å². The zero-order valence-electron chi connectivity index (χ0n) is 11.2. The second-order valence-electron chi connectivity index (χ2n) is 4.60. The minimum absolute atomic E-state index is 0.632. The van der Waals surface area contributed by atoms with Gasteiger partial charge in [0.25, 0.3) is 0 Å². The fourth-order valence-electron chi connectivity index (χ4n) is 2.08. The van der Waals surface area contributed by atoms with E-state index in [0.29, 0.717) is 10.7 Å². The third-order valence-electron chi connectivity index (χ3n) is 3.11. The van der Waals surface area contributed by atoms with Crippen LogP contribution in [0.15, 0.2) is 18.2 Å². The lowest BCUT2D eigenvalue weighted by atomic mass is 10.0. The first kappa shape index (κ1) is 13.6. The second-order valence-corrected chi connectivity index (χ2v) is 5.72. The Hall–Kier alpha value is -1.86. The predicted octanol–water partition coefficient (Wildman–Crippen LogP) is 3.45. The molecule has 98 valence electrons. The first-order valence-electron chi connectivity index (χ1n) is 6.37. The van der Waals surface area contributed by atoms with Crippen LogP contribution in [0.2, 0.25) is 0 Å². The molecular formula is C15H17N3S. The average molecular weight is 271 g/mol. The van der Waals surface area contributed by atoms with E-state index in [4.69, 9.17) is 11.0 Å². The van der Waals surface area contributed by atoms with E-state index < -0.39 is 0 Å². The molecule has 4 heteroatoms. The molecule has 2 N–H and O–H groups in total. The van der Waals surface area contributed by atoms with Gasteiger partial charge in [-0.15, -0.1) is 11.3 Å². The van der Waals surface area contributed by atoms with Crippen LogP contribution in [0.1, 0.15) is 40.6 Å². The Labute approximate surface area is 117 Å². The van der Waals surface area contributed by atoms with Gasteiger partial charge in [0.1, 0.15) is 0 Å². The molecular weight excluding hydrogens is 254 g/mol.